The monoisotopic (exact) mass is 932 g/mol. The number of pyridine rings is 2. The fraction of sp³-hybridized carbons (Fsp3) is 0.562. The van der Waals surface area contributed by atoms with Crippen LogP contribution in [0.15, 0.2) is 12.4 Å². The van der Waals surface area contributed by atoms with Crippen molar-refractivity contribution in [3.63, 3.8) is 0 Å². The van der Waals surface area contributed by atoms with Crippen molar-refractivity contribution in [2.75, 3.05) is 26.4 Å². The lowest BCUT2D eigenvalue weighted by Crippen LogP contribution is -2.31. The molecule has 28 heteroatoms. The summed E-state index contributed by atoms with van der Waals surface area (Å²) in [4.78, 5) is 52.8. The van der Waals surface area contributed by atoms with Crippen LogP contribution in [0.1, 0.15) is 59.3 Å². The van der Waals surface area contributed by atoms with Crippen LogP contribution in [0.3, 0.4) is 0 Å². The Morgan fingerprint density at radius 2 is 0.833 bits per heavy atom. The third-order valence-electron chi connectivity index (χ3n) is 8.09. The molecule has 0 aliphatic heterocycles. The molecule has 0 aromatic carbocycles. The molecule has 2 aromatic heterocycles. The van der Waals surface area contributed by atoms with E-state index in [1.165, 1.54) is 47.8 Å². The van der Waals surface area contributed by atoms with Crippen LogP contribution in [0.4, 0.5) is 0 Å². The predicted molar refractivity (Wildman–Crippen MR) is 213 cm³/mol. The first-order chi connectivity index (χ1) is 28.1. The zero-order valence-electron chi connectivity index (χ0n) is 32.4. The van der Waals surface area contributed by atoms with E-state index in [0.29, 0.717) is 11.1 Å². The average molecular weight is 933 g/mol. The van der Waals surface area contributed by atoms with Crippen LogP contribution in [-0.2, 0) is 80.2 Å². The number of hydrogen-bond acceptors (Lipinski definition) is 22. The predicted octanol–water partition coefficient (Wildman–Crippen LogP) is 2.11. The van der Waals surface area contributed by atoms with Crippen LogP contribution in [0.5, 0.6) is 11.5 Å². The minimum atomic E-state index is -4.53. The normalized spacial score (nSPS) is 15.6. The molecule has 24 nitrogen and oxygen atoms in total. The molecule has 0 amide bonds. The van der Waals surface area contributed by atoms with Gasteiger partial charge in [-0.2, -0.15) is 0 Å². The molecule has 4 atom stereocenters. The van der Waals surface area contributed by atoms with Crippen molar-refractivity contribution in [1.82, 2.24) is 9.97 Å². The van der Waals surface area contributed by atoms with Gasteiger partial charge in [0, 0.05) is 35.0 Å². The van der Waals surface area contributed by atoms with E-state index in [1.807, 2.05) is 0 Å². The average Bonchev–Trinajstić information content (AvgIpc) is 3.18. The number of carboxylic acid groups (broad SMARTS) is 4. The van der Waals surface area contributed by atoms with Gasteiger partial charge in [0.15, 0.2) is 0 Å². The smallest absolute Gasteiger partial charge is 0.475 e. The topological polar surface area (TPSA) is 409 Å². The summed E-state index contributed by atoms with van der Waals surface area (Å²) in [6, 6.07) is -5.43. The van der Waals surface area contributed by atoms with Crippen LogP contribution in [-0.4, -0.2) is 115 Å². The molecular weight excluding hydrogens is 882 g/mol. The van der Waals surface area contributed by atoms with Gasteiger partial charge in [0.05, 0.1) is 51.0 Å². The van der Waals surface area contributed by atoms with Gasteiger partial charge in [0.2, 0.25) is 0 Å². The number of rotatable bonds is 31. The van der Waals surface area contributed by atoms with E-state index < -0.39 is 103 Å². The van der Waals surface area contributed by atoms with E-state index in [0.717, 1.165) is 0 Å². The molecule has 0 fully saturated rings. The molecular formula is C32H50N6O18P2S2. The fourth-order valence-corrected chi connectivity index (χ4v) is 8.84. The Balaban J connectivity index is 2.21. The summed E-state index contributed by atoms with van der Waals surface area (Å²) in [7, 11) is -6.57. The third-order valence-corrected chi connectivity index (χ3v) is 13.2. The Hall–Kier alpha value is -3.46. The van der Waals surface area contributed by atoms with Gasteiger partial charge in [-0.25, -0.2) is 9.13 Å². The summed E-state index contributed by atoms with van der Waals surface area (Å²) in [5, 5.41) is 58.1. The van der Waals surface area contributed by atoms with E-state index in [2.05, 4.69) is 9.97 Å². The van der Waals surface area contributed by atoms with Crippen LogP contribution in [0, 0.1) is 13.8 Å². The van der Waals surface area contributed by atoms with Crippen LogP contribution >= 0.6 is 37.2 Å². The minimum absolute atomic E-state index is 0.139. The van der Waals surface area contributed by atoms with Crippen molar-refractivity contribution in [3.8, 4) is 11.5 Å². The maximum Gasteiger partial charge on any atom is 0.475 e. The molecule has 0 aliphatic carbocycles. The molecule has 4 unspecified atom stereocenters. The molecule has 14 N–H and O–H groups in total. The first kappa shape index (κ1) is 52.7. The van der Waals surface area contributed by atoms with Crippen molar-refractivity contribution in [2.24, 2.45) is 22.9 Å². The Kier molecular flexibility index (Phi) is 22.4. The second-order valence-electron chi connectivity index (χ2n) is 12.6. The Labute approximate surface area is 351 Å². The zero-order chi connectivity index (χ0) is 45.2. The van der Waals surface area contributed by atoms with E-state index in [1.54, 1.807) is 0 Å². The quantitative estimate of drug-likeness (QED) is 0.0294. The highest BCUT2D eigenvalue weighted by molar-refractivity contribution is 8.76. The summed E-state index contributed by atoms with van der Waals surface area (Å²) >= 11 is 0. The summed E-state index contributed by atoms with van der Waals surface area (Å²) in [6.45, 7) is -0.0298. The first-order valence-corrected chi connectivity index (χ1v) is 23.1. The number of hydrogen-bond donors (Lipinski definition) is 10. The second-order valence-corrected chi connectivity index (χ2v) is 18.4. The molecule has 0 saturated heterocycles. The largest absolute Gasteiger partial charge is 0.506 e. The number of aryl methyl sites for hydroxylation is 2. The molecule has 2 aromatic rings. The molecule has 60 heavy (non-hydrogen) atoms. The van der Waals surface area contributed by atoms with Gasteiger partial charge < -0.3 is 53.6 Å². The van der Waals surface area contributed by atoms with Crippen LogP contribution < -0.4 is 22.9 Å². The number of carboxylic acids is 4. The summed E-state index contributed by atoms with van der Waals surface area (Å²) in [5.74, 6) is -5.65. The van der Waals surface area contributed by atoms with E-state index >= 15 is 0 Å². The fourth-order valence-electron chi connectivity index (χ4n) is 4.32. The maximum atomic E-state index is 13.5. The van der Waals surface area contributed by atoms with E-state index in [9.17, 15) is 38.5 Å². The number of aromatic hydroxyl groups is 2. The van der Waals surface area contributed by atoms with Gasteiger partial charge in [-0.05, 0) is 50.7 Å². The van der Waals surface area contributed by atoms with E-state index in [-0.39, 0.29) is 71.2 Å². The molecule has 0 bridgehead atoms. The van der Waals surface area contributed by atoms with E-state index in [4.69, 9.17) is 70.5 Å². The molecule has 0 radical (unpaired) electrons. The molecule has 0 aliphatic rings. The molecule has 2 heterocycles. The number of phosphoric ester groups is 2. The van der Waals surface area contributed by atoms with Gasteiger partial charge in [0.25, 0.3) is 0 Å². The van der Waals surface area contributed by atoms with Crippen molar-refractivity contribution >= 4 is 61.1 Å². The Morgan fingerprint density at radius 3 is 1.08 bits per heavy atom. The highest BCUT2D eigenvalue weighted by atomic mass is 33.1. The number of nitrogens with two attached hydrogens (primary N) is 4. The summed E-state index contributed by atoms with van der Waals surface area (Å²) < 4.78 is 59.2. The number of aliphatic carboxylic acids is 4. The minimum Gasteiger partial charge on any atom is -0.506 e. The lowest BCUT2D eigenvalue weighted by atomic mass is 10.1. The molecule has 338 valence electrons. The van der Waals surface area contributed by atoms with Crippen LogP contribution in [0.25, 0.3) is 0 Å². The number of nitrogens with zero attached hydrogens (tertiary/aromatic N) is 2. The van der Waals surface area contributed by atoms with Gasteiger partial charge in [0.1, 0.15) is 35.7 Å². The zero-order valence-corrected chi connectivity index (χ0v) is 35.9. The lowest BCUT2D eigenvalue weighted by molar-refractivity contribution is -0.139. The lowest BCUT2D eigenvalue weighted by Gasteiger charge is -2.21. The van der Waals surface area contributed by atoms with Gasteiger partial charge in [-0.15, -0.1) is 0 Å². The molecule has 0 spiro atoms. The SMILES string of the molecule is Cc1ncc(CSSCc2cnc(C)c(O)c2COP(=O)(OCCC(N)C(=O)O)OCCC(N)C(=O)O)c(COP(=O)(OCCC(N)C(=O)O)OCCC(N)C(=O)O)c1O. The summed E-state index contributed by atoms with van der Waals surface area (Å²) in [6.07, 6.45) is 1.75. The molecule has 0 saturated carbocycles. The van der Waals surface area contributed by atoms with Gasteiger partial charge >= 0.3 is 39.5 Å². The number of aromatic nitrogens is 2. The first-order valence-electron chi connectivity index (χ1n) is 17.7. The second kappa shape index (κ2) is 25.5. The number of carbonyl (C=O) groups is 4. The van der Waals surface area contributed by atoms with Crippen molar-refractivity contribution in [3.05, 3.63) is 46.0 Å². The molecule has 2 rings (SSSR count). The van der Waals surface area contributed by atoms with Crippen molar-refractivity contribution in [2.45, 2.75) is 88.4 Å². The van der Waals surface area contributed by atoms with Crippen LogP contribution in [0.2, 0.25) is 0 Å². The van der Waals surface area contributed by atoms with Gasteiger partial charge in [-0.3, -0.25) is 56.3 Å². The number of phosphoric acid groups is 2. The Morgan fingerprint density at radius 1 is 0.567 bits per heavy atom. The maximum absolute atomic E-state index is 13.5. The Bertz CT molecular complexity index is 1690. The standard InChI is InChI=1S/C32H50N6O18P2S2/c1-17-27(39)21(13-55-57(49,51-7-3-23(33)29(41)42)52-8-4-24(34)30(43)44)19(11-37-17)15-59-60-16-20-12-38-18(2)28(40)22(20)14-56-58(50,53-9-5-25(35)31(45)46)54-10-6-26(36)32(47)48/h11-12,23-26,39-40H,3-10,13-16,33-36H2,1-2H3,(H,41,42)(H,43,44)(H,45,46)(H,47,48). The van der Waals surface area contributed by atoms with Crippen molar-refractivity contribution in [1.29, 1.82) is 0 Å². The van der Waals surface area contributed by atoms with Crippen molar-refractivity contribution < 1.29 is 86.1 Å². The third kappa shape index (κ3) is 17.9. The van der Waals surface area contributed by atoms with Gasteiger partial charge in [-0.1, -0.05) is 21.6 Å². The highest BCUT2D eigenvalue weighted by Crippen LogP contribution is 2.52. The highest BCUT2D eigenvalue weighted by Gasteiger charge is 2.31. The summed E-state index contributed by atoms with van der Waals surface area (Å²) in [5.41, 5.74) is 23.5.